The van der Waals surface area contributed by atoms with Crippen molar-refractivity contribution in [2.75, 3.05) is 11.1 Å². The number of thioether (sulfide) groups is 1. The van der Waals surface area contributed by atoms with Crippen molar-refractivity contribution in [3.05, 3.63) is 40.4 Å². The van der Waals surface area contributed by atoms with Crippen LogP contribution in [0.4, 0.5) is 19.0 Å². The highest BCUT2D eigenvalue weighted by molar-refractivity contribution is 7.99. The van der Waals surface area contributed by atoms with Crippen LogP contribution in [0, 0.1) is 0 Å². The molecule has 0 saturated carbocycles. The predicted molar refractivity (Wildman–Crippen MR) is 103 cm³/mol. The number of thiophene rings is 1. The lowest BCUT2D eigenvalue weighted by Crippen LogP contribution is -2.16. The van der Waals surface area contributed by atoms with Gasteiger partial charge in [0.15, 0.2) is 16.8 Å². The van der Waals surface area contributed by atoms with Gasteiger partial charge < -0.3 is 9.88 Å². The minimum Gasteiger partial charge on any atom is -0.309 e. The summed E-state index contributed by atoms with van der Waals surface area (Å²) in [4.78, 5) is 16.7. The molecule has 148 valence electrons. The fraction of sp³-hybridized carbons (Fsp3) is 0.250. The average Bonchev–Trinajstić information content (AvgIpc) is 3.29. The van der Waals surface area contributed by atoms with Crippen molar-refractivity contribution in [2.45, 2.75) is 24.8 Å². The Morgan fingerprint density at radius 3 is 2.79 bits per heavy atom. The number of nitrogens with one attached hydrogen (secondary N) is 1. The van der Waals surface area contributed by atoms with Gasteiger partial charge in [0.05, 0.1) is 21.2 Å². The van der Waals surface area contributed by atoms with Gasteiger partial charge in [0.2, 0.25) is 5.91 Å². The molecule has 28 heavy (non-hydrogen) atoms. The quantitative estimate of drug-likeness (QED) is 0.548. The maximum atomic E-state index is 12.6. The highest BCUT2D eigenvalue weighted by atomic mass is 35.5. The van der Waals surface area contributed by atoms with E-state index in [1.165, 1.54) is 11.3 Å². The van der Waals surface area contributed by atoms with Crippen LogP contribution in [0.2, 0.25) is 5.02 Å². The summed E-state index contributed by atoms with van der Waals surface area (Å²) in [5, 5.41) is 12.9. The van der Waals surface area contributed by atoms with Gasteiger partial charge in [0.25, 0.3) is 0 Å². The second-order valence-corrected chi connectivity index (χ2v) is 7.71. The van der Waals surface area contributed by atoms with E-state index < -0.39 is 17.6 Å². The third-order valence-electron chi connectivity index (χ3n) is 3.53. The molecule has 0 aliphatic carbocycles. The lowest BCUT2D eigenvalue weighted by molar-refractivity contribution is -0.137. The van der Waals surface area contributed by atoms with Crippen molar-refractivity contribution in [3.8, 4) is 10.7 Å². The third kappa shape index (κ3) is 4.65. The first-order valence-corrected chi connectivity index (χ1v) is 10.2. The van der Waals surface area contributed by atoms with E-state index >= 15 is 0 Å². The number of hydrogen-bond donors (Lipinski definition) is 1. The number of carbonyl (C=O) groups excluding carboxylic acids is 1. The lowest BCUT2D eigenvalue weighted by Gasteiger charge is -2.10. The van der Waals surface area contributed by atoms with E-state index in [-0.39, 0.29) is 16.6 Å². The molecule has 0 radical (unpaired) electrons. The van der Waals surface area contributed by atoms with Crippen molar-refractivity contribution in [1.29, 1.82) is 0 Å². The van der Waals surface area contributed by atoms with Crippen LogP contribution >= 0.6 is 34.7 Å². The summed E-state index contributed by atoms with van der Waals surface area (Å²) in [6.45, 7) is 2.56. The van der Waals surface area contributed by atoms with Crippen molar-refractivity contribution in [1.82, 2.24) is 19.7 Å². The molecule has 6 nitrogen and oxygen atoms in total. The zero-order valence-electron chi connectivity index (χ0n) is 14.3. The van der Waals surface area contributed by atoms with E-state index in [0.717, 1.165) is 22.7 Å². The number of anilines is 1. The molecule has 1 amide bonds. The summed E-state index contributed by atoms with van der Waals surface area (Å²) in [5.74, 6) is 0.0913. The molecule has 0 saturated heterocycles. The molecule has 0 bridgehead atoms. The Hall–Kier alpha value is -2.11. The van der Waals surface area contributed by atoms with Gasteiger partial charge in [-0.15, -0.1) is 21.5 Å². The van der Waals surface area contributed by atoms with Gasteiger partial charge >= 0.3 is 6.18 Å². The zero-order chi connectivity index (χ0) is 20.3. The SMILES string of the molecule is CCn1c(SCC(=O)Nc2ncc(C(F)(F)F)cc2Cl)nnc1-c1cccs1. The molecule has 0 spiro atoms. The fourth-order valence-corrected chi connectivity index (χ4v) is 3.98. The minimum absolute atomic E-state index is 0.0262. The molecule has 3 aromatic rings. The van der Waals surface area contributed by atoms with E-state index in [1.54, 1.807) is 0 Å². The van der Waals surface area contributed by atoms with Gasteiger partial charge in [0.1, 0.15) is 0 Å². The van der Waals surface area contributed by atoms with Crippen LogP contribution in [-0.2, 0) is 17.5 Å². The third-order valence-corrected chi connectivity index (χ3v) is 5.65. The highest BCUT2D eigenvalue weighted by Crippen LogP contribution is 2.32. The maximum absolute atomic E-state index is 12.6. The number of aromatic nitrogens is 4. The first-order valence-electron chi connectivity index (χ1n) is 7.92. The minimum atomic E-state index is -4.56. The molecule has 1 N–H and O–H groups in total. The number of rotatable bonds is 6. The summed E-state index contributed by atoms with van der Waals surface area (Å²) in [7, 11) is 0. The van der Waals surface area contributed by atoms with Gasteiger partial charge in [-0.2, -0.15) is 13.2 Å². The number of nitrogens with zero attached hydrogens (tertiary/aromatic N) is 4. The topological polar surface area (TPSA) is 72.7 Å². The molecule has 0 aromatic carbocycles. The molecule has 3 aromatic heterocycles. The Kier molecular flexibility index (Phi) is 6.26. The van der Waals surface area contributed by atoms with E-state index in [4.69, 9.17) is 11.6 Å². The molecule has 3 heterocycles. The lowest BCUT2D eigenvalue weighted by atomic mass is 10.3. The van der Waals surface area contributed by atoms with Crippen molar-refractivity contribution >= 4 is 46.4 Å². The van der Waals surface area contributed by atoms with Crippen LogP contribution in [0.15, 0.2) is 34.9 Å². The van der Waals surface area contributed by atoms with Crippen LogP contribution in [-0.4, -0.2) is 31.4 Å². The Balaban J connectivity index is 1.65. The smallest absolute Gasteiger partial charge is 0.309 e. The Bertz CT molecular complexity index is 975. The molecule has 0 fully saturated rings. The van der Waals surface area contributed by atoms with Crippen LogP contribution in [0.3, 0.4) is 0 Å². The largest absolute Gasteiger partial charge is 0.417 e. The first kappa shape index (κ1) is 20.6. The van der Waals surface area contributed by atoms with Crippen molar-refractivity contribution in [3.63, 3.8) is 0 Å². The van der Waals surface area contributed by atoms with Crippen molar-refractivity contribution < 1.29 is 18.0 Å². The number of pyridine rings is 1. The van der Waals surface area contributed by atoms with Crippen LogP contribution in [0.5, 0.6) is 0 Å². The van der Waals surface area contributed by atoms with Crippen molar-refractivity contribution in [2.24, 2.45) is 0 Å². The van der Waals surface area contributed by atoms with Gasteiger partial charge in [-0.25, -0.2) is 4.98 Å². The van der Waals surface area contributed by atoms with Gasteiger partial charge in [-0.1, -0.05) is 29.4 Å². The van der Waals surface area contributed by atoms with Gasteiger partial charge in [-0.3, -0.25) is 4.79 Å². The average molecular weight is 448 g/mol. The van der Waals surface area contributed by atoms with Crippen LogP contribution in [0.25, 0.3) is 10.7 Å². The Labute approximate surface area is 171 Å². The summed E-state index contributed by atoms with van der Waals surface area (Å²) in [6, 6.07) is 4.56. The van der Waals surface area contributed by atoms with Gasteiger partial charge in [-0.05, 0) is 24.4 Å². The van der Waals surface area contributed by atoms with E-state index in [1.807, 2.05) is 29.0 Å². The Morgan fingerprint density at radius 1 is 1.39 bits per heavy atom. The Morgan fingerprint density at radius 2 is 2.18 bits per heavy atom. The second-order valence-electron chi connectivity index (χ2n) is 5.42. The molecule has 0 unspecified atom stereocenters. The first-order chi connectivity index (χ1) is 13.3. The summed E-state index contributed by atoms with van der Waals surface area (Å²) in [6.07, 6.45) is -3.94. The molecule has 0 aliphatic rings. The maximum Gasteiger partial charge on any atom is 0.417 e. The molecule has 3 rings (SSSR count). The van der Waals surface area contributed by atoms with E-state index in [2.05, 4.69) is 20.5 Å². The van der Waals surface area contributed by atoms with Gasteiger partial charge in [0, 0.05) is 12.7 Å². The van der Waals surface area contributed by atoms with E-state index in [9.17, 15) is 18.0 Å². The number of halogens is 4. The van der Waals surface area contributed by atoms with E-state index in [0.29, 0.717) is 23.7 Å². The summed E-state index contributed by atoms with van der Waals surface area (Å²) in [5.41, 5.74) is -0.984. The number of amides is 1. The number of hydrogen-bond acceptors (Lipinski definition) is 6. The fourth-order valence-electron chi connectivity index (χ4n) is 2.25. The number of alkyl halides is 3. The monoisotopic (exact) mass is 447 g/mol. The molecule has 0 atom stereocenters. The highest BCUT2D eigenvalue weighted by Gasteiger charge is 2.31. The second kappa shape index (κ2) is 8.50. The zero-order valence-corrected chi connectivity index (χ0v) is 16.7. The summed E-state index contributed by atoms with van der Waals surface area (Å²) >= 11 is 8.49. The molecular weight excluding hydrogens is 435 g/mol. The molecular formula is C16H13ClF3N5OS2. The molecule has 0 aliphatic heterocycles. The normalized spacial score (nSPS) is 11.6. The van der Waals surface area contributed by atoms with Crippen LogP contribution < -0.4 is 5.32 Å². The van der Waals surface area contributed by atoms with Crippen LogP contribution in [0.1, 0.15) is 12.5 Å². The summed E-state index contributed by atoms with van der Waals surface area (Å²) < 4.78 is 39.8. The predicted octanol–water partition coefficient (Wildman–Crippen LogP) is 4.82. The standard InChI is InChI=1S/C16H13ClF3N5OS2/c1-2-25-14(11-4-3-5-27-11)23-24-15(25)28-8-12(26)22-13-10(17)6-9(7-21-13)16(18,19)20/h3-7H,2,8H2,1H3,(H,21,22,26). The molecule has 12 heteroatoms. The number of carbonyl (C=O) groups is 1.